The Morgan fingerprint density at radius 1 is 0.793 bits per heavy atom. The summed E-state index contributed by atoms with van der Waals surface area (Å²) < 4.78 is 0.881. The summed E-state index contributed by atoms with van der Waals surface area (Å²) in [5, 5.41) is 10.7. The number of carbonyl (C=O) groups is 2. The van der Waals surface area contributed by atoms with E-state index in [4.69, 9.17) is 0 Å². The second-order valence-corrected chi connectivity index (χ2v) is 7.31. The van der Waals surface area contributed by atoms with Crippen LogP contribution in [0.3, 0.4) is 0 Å². The van der Waals surface area contributed by atoms with Crippen LogP contribution >= 0.6 is 15.9 Å². The first-order valence-corrected chi connectivity index (χ1v) is 9.71. The van der Waals surface area contributed by atoms with Crippen LogP contribution in [0, 0.1) is 0 Å². The van der Waals surface area contributed by atoms with Crippen LogP contribution < -0.4 is 10.7 Å². The summed E-state index contributed by atoms with van der Waals surface area (Å²) in [6.45, 7) is 0. The molecule has 2 amide bonds. The van der Waals surface area contributed by atoms with E-state index in [0.29, 0.717) is 5.69 Å². The molecule has 0 fully saturated rings. The van der Waals surface area contributed by atoms with E-state index in [1.54, 1.807) is 30.5 Å². The molecule has 0 heterocycles. The lowest BCUT2D eigenvalue weighted by molar-refractivity contribution is -0.136. The molecule has 0 aliphatic rings. The first-order valence-electron chi connectivity index (χ1n) is 8.92. The average Bonchev–Trinajstić information content (AvgIpc) is 2.74. The highest BCUT2D eigenvalue weighted by atomic mass is 79.9. The monoisotopic (exact) mass is 445 g/mol. The minimum atomic E-state index is -0.839. The summed E-state index contributed by atoms with van der Waals surface area (Å²) >= 11 is 3.32. The number of hydrogen-bond donors (Lipinski definition) is 2. The molecule has 4 aromatic carbocycles. The molecule has 0 spiro atoms. The van der Waals surface area contributed by atoms with Crippen molar-refractivity contribution in [2.45, 2.75) is 0 Å². The molecule has 0 radical (unpaired) electrons. The largest absolute Gasteiger partial charge is 0.329 e. The summed E-state index contributed by atoms with van der Waals surface area (Å²) in [5.74, 6) is -1.62. The molecule has 29 heavy (non-hydrogen) atoms. The summed E-state index contributed by atoms with van der Waals surface area (Å²) in [6.07, 6.45) is 1.58. The van der Waals surface area contributed by atoms with Gasteiger partial charge in [-0.2, -0.15) is 5.10 Å². The van der Waals surface area contributed by atoms with E-state index in [1.807, 2.05) is 48.5 Å². The second-order valence-electron chi connectivity index (χ2n) is 6.39. The number of amides is 2. The van der Waals surface area contributed by atoms with Crippen LogP contribution in [0.15, 0.2) is 88.4 Å². The Hall–Kier alpha value is -3.51. The zero-order valence-electron chi connectivity index (χ0n) is 15.2. The maximum Gasteiger partial charge on any atom is 0.329 e. The Kier molecular flexibility index (Phi) is 5.35. The number of anilines is 1. The molecular formula is C23H16BrN3O2. The fourth-order valence-electron chi connectivity index (χ4n) is 3.12. The summed E-state index contributed by atoms with van der Waals surface area (Å²) in [5.41, 5.74) is 3.71. The van der Waals surface area contributed by atoms with Crippen LogP contribution in [0.4, 0.5) is 5.69 Å². The molecule has 0 aliphatic carbocycles. The summed E-state index contributed by atoms with van der Waals surface area (Å²) in [6, 6.07) is 25.0. The van der Waals surface area contributed by atoms with Gasteiger partial charge in [-0.3, -0.25) is 9.59 Å². The predicted octanol–water partition coefficient (Wildman–Crippen LogP) is 4.84. The van der Waals surface area contributed by atoms with E-state index in [-0.39, 0.29) is 0 Å². The van der Waals surface area contributed by atoms with E-state index in [2.05, 4.69) is 37.8 Å². The number of hydrogen-bond acceptors (Lipinski definition) is 3. The van der Waals surface area contributed by atoms with E-state index in [1.165, 1.54) is 0 Å². The number of carbonyl (C=O) groups excluding carboxylic acids is 2. The lowest BCUT2D eigenvalue weighted by Crippen LogP contribution is -2.32. The van der Waals surface area contributed by atoms with E-state index in [0.717, 1.165) is 31.6 Å². The van der Waals surface area contributed by atoms with Gasteiger partial charge in [-0.25, -0.2) is 5.43 Å². The Labute approximate surface area is 175 Å². The third kappa shape index (κ3) is 4.17. The average molecular weight is 446 g/mol. The van der Waals surface area contributed by atoms with Crippen LogP contribution in [0.5, 0.6) is 0 Å². The topological polar surface area (TPSA) is 70.6 Å². The Morgan fingerprint density at radius 3 is 2.00 bits per heavy atom. The molecule has 0 unspecified atom stereocenters. The maximum atomic E-state index is 12.1. The van der Waals surface area contributed by atoms with Crippen molar-refractivity contribution in [2.24, 2.45) is 5.10 Å². The van der Waals surface area contributed by atoms with Gasteiger partial charge in [0.1, 0.15) is 0 Å². The molecule has 0 saturated heterocycles. The Balaban J connectivity index is 1.55. The first-order chi connectivity index (χ1) is 14.1. The minimum Gasteiger partial charge on any atom is -0.318 e. The van der Waals surface area contributed by atoms with Crippen LogP contribution in [0.25, 0.3) is 21.5 Å². The van der Waals surface area contributed by atoms with Gasteiger partial charge in [0.2, 0.25) is 0 Å². The lowest BCUT2D eigenvalue weighted by Gasteiger charge is -2.08. The number of rotatable bonds is 3. The SMILES string of the molecule is O=C(N/N=C\c1c2ccccc2cc2ccccc12)C(=O)Nc1ccc(Br)cc1. The number of nitrogens with one attached hydrogen (secondary N) is 2. The second kappa shape index (κ2) is 8.24. The van der Waals surface area contributed by atoms with Gasteiger partial charge in [0, 0.05) is 15.7 Å². The van der Waals surface area contributed by atoms with Crippen molar-refractivity contribution >= 4 is 61.2 Å². The predicted molar refractivity (Wildman–Crippen MR) is 120 cm³/mol. The normalized spacial score (nSPS) is 11.1. The van der Waals surface area contributed by atoms with Crippen molar-refractivity contribution in [1.82, 2.24) is 5.43 Å². The molecule has 0 bridgehead atoms. The highest BCUT2D eigenvalue weighted by Crippen LogP contribution is 2.27. The van der Waals surface area contributed by atoms with Gasteiger partial charge in [-0.1, -0.05) is 64.5 Å². The molecule has 4 rings (SSSR count). The summed E-state index contributed by atoms with van der Waals surface area (Å²) in [7, 11) is 0. The van der Waals surface area contributed by atoms with Crippen molar-refractivity contribution in [3.8, 4) is 0 Å². The quantitative estimate of drug-likeness (QED) is 0.205. The zero-order valence-corrected chi connectivity index (χ0v) is 16.8. The minimum absolute atomic E-state index is 0.525. The zero-order chi connectivity index (χ0) is 20.2. The highest BCUT2D eigenvalue weighted by molar-refractivity contribution is 9.10. The van der Waals surface area contributed by atoms with Gasteiger partial charge in [0.25, 0.3) is 0 Å². The Morgan fingerprint density at radius 2 is 1.38 bits per heavy atom. The van der Waals surface area contributed by atoms with Gasteiger partial charge in [0.05, 0.1) is 6.21 Å². The van der Waals surface area contributed by atoms with Gasteiger partial charge < -0.3 is 5.32 Å². The fourth-order valence-corrected chi connectivity index (χ4v) is 3.38. The molecule has 0 atom stereocenters. The number of fused-ring (bicyclic) bond motifs is 2. The van der Waals surface area contributed by atoms with Crippen LogP contribution in [0.1, 0.15) is 5.56 Å². The van der Waals surface area contributed by atoms with Crippen molar-refractivity contribution in [3.63, 3.8) is 0 Å². The van der Waals surface area contributed by atoms with Crippen LogP contribution in [-0.2, 0) is 9.59 Å². The van der Waals surface area contributed by atoms with E-state index in [9.17, 15) is 9.59 Å². The van der Waals surface area contributed by atoms with Crippen molar-refractivity contribution < 1.29 is 9.59 Å². The standard InChI is InChI=1S/C23H16BrN3O2/c24-17-9-11-18(12-10-17)26-22(28)23(29)27-25-14-21-19-7-3-1-5-15(19)13-16-6-2-4-8-20(16)21/h1-14H,(H,26,28)(H,27,29)/b25-14-. The molecule has 142 valence electrons. The number of benzene rings is 4. The smallest absolute Gasteiger partial charge is 0.318 e. The molecule has 0 aliphatic heterocycles. The van der Waals surface area contributed by atoms with Gasteiger partial charge in [-0.05, 0) is 51.9 Å². The maximum absolute atomic E-state index is 12.1. The van der Waals surface area contributed by atoms with E-state index >= 15 is 0 Å². The molecule has 0 aromatic heterocycles. The fraction of sp³-hybridized carbons (Fsp3) is 0. The van der Waals surface area contributed by atoms with Gasteiger partial charge in [0.15, 0.2) is 0 Å². The van der Waals surface area contributed by atoms with Crippen molar-refractivity contribution in [3.05, 3.63) is 88.9 Å². The number of hydrazone groups is 1. The Bertz CT molecular complexity index is 1200. The van der Waals surface area contributed by atoms with Gasteiger partial charge in [-0.15, -0.1) is 0 Å². The molecular weight excluding hydrogens is 430 g/mol. The van der Waals surface area contributed by atoms with Crippen molar-refractivity contribution in [1.29, 1.82) is 0 Å². The van der Waals surface area contributed by atoms with Crippen LogP contribution in [0.2, 0.25) is 0 Å². The molecule has 5 nitrogen and oxygen atoms in total. The lowest BCUT2D eigenvalue weighted by atomic mass is 9.97. The van der Waals surface area contributed by atoms with Gasteiger partial charge >= 0.3 is 11.8 Å². The van der Waals surface area contributed by atoms with Crippen molar-refractivity contribution in [2.75, 3.05) is 5.32 Å². The third-order valence-corrected chi connectivity index (χ3v) is 5.01. The number of halogens is 1. The molecule has 2 N–H and O–H groups in total. The van der Waals surface area contributed by atoms with E-state index < -0.39 is 11.8 Å². The third-order valence-electron chi connectivity index (χ3n) is 4.48. The van der Waals surface area contributed by atoms with Crippen LogP contribution in [-0.4, -0.2) is 18.0 Å². The molecule has 6 heteroatoms. The summed E-state index contributed by atoms with van der Waals surface area (Å²) in [4.78, 5) is 24.1. The first kappa shape index (κ1) is 18.8. The molecule has 4 aromatic rings. The highest BCUT2D eigenvalue weighted by Gasteiger charge is 2.13. The number of nitrogens with zero attached hydrogens (tertiary/aromatic N) is 1. The molecule has 0 saturated carbocycles.